The summed E-state index contributed by atoms with van der Waals surface area (Å²) in [5.74, 6) is -0.0958. The van der Waals surface area contributed by atoms with E-state index >= 15 is 0 Å². The number of nitrogens with zero attached hydrogens (tertiary/aromatic N) is 4. The quantitative estimate of drug-likeness (QED) is 0.621. The number of hydrogen-bond acceptors (Lipinski definition) is 7. The summed E-state index contributed by atoms with van der Waals surface area (Å²) in [6.07, 6.45) is 2.74. The molecule has 1 aromatic heterocycles. The molecule has 1 fully saturated rings. The molecular weight excluding hydrogens is 376 g/mol. The van der Waals surface area contributed by atoms with Crippen molar-refractivity contribution in [3.8, 4) is 0 Å². The Bertz CT molecular complexity index is 877. The van der Waals surface area contributed by atoms with E-state index in [1.165, 1.54) is 23.9 Å². The normalized spacial score (nSPS) is 15.6. The molecule has 0 spiro atoms. The maximum absolute atomic E-state index is 12.2. The van der Waals surface area contributed by atoms with Gasteiger partial charge in [0.1, 0.15) is 0 Å². The molecule has 0 radical (unpaired) electrons. The van der Waals surface area contributed by atoms with E-state index in [9.17, 15) is 13.2 Å². The first kappa shape index (κ1) is 18.8. The van der Waals surface area contributed by atoms with Gasteiger partial charge < -0.3 is 5.32 Å². The Hall–Kier alpha value is -1.98. The van der Waals surface area contributed by atoms with Crippen molar-refractivity contribution in [2.24, 2.45) is 5.14 Å². The van der Waals surface area contributed by atoms with Crippen LogP contribution >= 0.6 is 11.8 Å². The van der Waals surface area contributed by atoms with Gasteiger partial charge in [-0.25, -0.2) is 18.2 Å². The van der Waals surface area contributed by atoms with Gasteiger partial charge in [-0.15, -0.1) is 5.10 Å². The Morgan fingerprint density at radius 3 is 2.69 bits per heavy atom. The van der Waals surface area contributed by atoms with Crippen molar-refractivity contribution in [1.82, 2.24) is 25.5 Å². The van der Waals surface area contributed by atoms with Crippen molar-refractivity contribution < 1.29 is 13.2 Å². The van der Waals surface area contributed by atoms with Crippen molar-refractivity contribution in [3.63, 3.8) is 0 Å². The second-order valence-electron chi connectivity index (χ2n) is 6.13. The van der Waals surface area contributed by atoms with Crippen LogP contribution in [0.3, 0.4) is 0 Å². The van der Waals surface area contributed by atoms with Gasteiger partial charge in [-0.05, 0) is 54.3 Å². The van der Waals surface area contributed by atoms with Crippen molar-refractivity contribution in [2.75, 3.05) is 6.54 Å². The molecule has 0 saturated heterocycles. The van der Waals surface area contributed by atoms with Crippen molar-refractivity contribution >= 4 is 27.7 Å². The van der Waals surface area contributed by atoms with Gasteiger partial charge in [-0.3, -0.25) is 4.79 Å². The molecule has 2 aromatic rings. The maximum Gasteiger partial charge on any atom is 0.238 e. The lowest BCUT2D eigenvalue weighted by Crippen LogP contribution is -2.32. The number of sulfonamides is 1. The van der Waals surface area contributed by atoms with E-state index in [0.29, 0.717) is 24.2 Å². The van der Waals surface area contributed by atoms with E-state index in [2.05, 4.69) is 20.8 Å². The fourth-order valence-electron chi connectivity index (χ4n) is 2.34. The molecule has 1 amide bonds. The van der Waals surface area contributed by atoms with Gasteiger partial charge in [0.05, 0.1) is 16.2 Å². The van der Waals surface area contributed by atoms with Gasteiger partial charge in [0.25, 0.3) is 0 Å². The summed E-state index contributed by atoms with van der Waals surface area (Å²) in [6.45, 7) is 2.26. The fraction of sp³-hybridized carbons (Fsp3) is 0.467. The summed E-state index contributed by atoms with van der Waals surface area (Å²) in [7, 11) is -3.69. The van der Waals surface area contributed by atoms with Crippen LogP contribution in [-0.2, 0) is 21.2 Å². The first-order valence-corrected chi connectivity index (χ1v) is 10.6. The van der Waals surface area contributed by atoms with Crippen LogP contribution in [0.4, 0.5) is 0 Å². The van der Waals surface area contributed by atoms with Crippen LogP contribution in [0, 0.1) is 0 Å². The third kappa shape index (κ3) is 4.80. The van der Waals surface area contributed by atoms with Crippen LogP contribution in [0.5, 0.6) is 0 Å². The monoisotopic (exact) mass is 396 g/mol. The zero-order valence-corrected chi connectivity index (χ0v) is 15.8. The van der Waals surface area contributed by atoms with Gasteiger partial charge in [0, 0.05) is 6.54 Å². The second kappa shape index (κ2) is 7.72. The number of tetrazole rings is 1. The number of benzene rings is 1. The molecule has 1 aliphatic carbocycles. The van der Waals surface area contributed by atoms with Gasteiger partial charge in [0.15, 0.2) is 0 Å². The first-order chi connectivity index (χ1) is 12.3. The molecule has 1 aliphatic rings. The summed E-state index contributed by atoms with van der Waals surface area (Å²) in [4.78, 5) is 12.3. The number of rotatable bonds is 8. The Morgan fingerprint density at radius 1 is 1.38 bits per heavy atom. The van der Waals surface area contributed by atoms with E-state index < -0.39 is 10.0 Å². The van der Waals surface area contributed by atoms with E-state index in [4.69, 9.17) is 5.14 Å². The number of hydrogen-bond donors (Lipinski definition) is 2. The van der Waals surface area contributed by atoms with Crippen molar-refractivity contribution in [1.29, 1.82) is 0 Å². The smallest absolute Gasteiger partial charge is 0.238 e. The molecule has 11 heteroatoms. The molecule has 26 heavy (non-hydrogen) atoms. The van der Waals surface area contributed by atoms with Crippen molar-refractivity contribution in [2.45, 2.75) is 47.5 Å². The van der Waals surface area contributed by atoms with Crippen LogP contribution < -0.4 is 10.5 Å². The molecule has 1 unspecified atom stereocenters. The highest BCUT2D eigenvalue weighted by Gasteiger charge is 2.29. The average molecular weight is 396 g/mol. The lowest BCUT2D eigenvalue weighted by Gasteiger charge is -2.11. The minimum absolute atomic E-state index is 0.0729. The van der Waals surface area contributed by atoms with Crippen LogP contribution in [-0.4, -0.2) is 46.3 Å². The number of nitrogens with two attached hydrogens (primary N) is 1. The third-order valence-electron chi connectivity index (χ3n) is 3.97. The number of primary sulfonamides is 1. The van der Waals surface area contributed by atoms with E-state index in [0.717, 1.165) is 18.4 Å². The predicted molar refractivity (Wildman–Crippen MR) is 95.9 cm³/mol. The minimum atomic E-state index is -3.69. The summed E-state index contributed by atoms with van der Waals surface area (Å²) in [5, 5.41) is 19.9. The Labute approximate surface area is 155 Å². The minimum Gasteiger partial charge on any atom is -0.355 e. The highest BCUT2D eigenvalue weighted by atomic mass is 32.2. The molecule has 1 saturated carbocycles. The van der Waals surface area contributed by atoms with E-state index in [-0.39, 0.29) is 16.1 Å². The zero-order chi connectivity index (χ0) is 18.7. The molecule has 1 heterocycles. The molecule has 3 rings (SSSR count). The van der Waals surface area contributed by atoms with Crippen LogP contribution in [0.15, 0.2) is 34.3 Å². The molecule has 0 aliphatic heterocycles. The largest absolute Gasteiger partial charge is 0.355 e. The molecule has 3 N–H and O–H groups in total. The number of amides is 1. The summed E-state index contributed by atoms with van der Waals surface area (Å²) < 4.78 is 24.2. The Kier molecular flexibility index (Phi) is 5.58. The molecular formula is C15H20N6O3S2. The molecule has 140 valence electrons. The lowest BCUT2D eigenvalue weighted by molar-refractivity contribution is -0.120. The van der Waals surface area contributed by atoms with E-state index in [1.54, 1.807) is 16.8 Å². The van der Waals surface area contributed by atoms with Crippen LogP contribution in [0.2, 0.25) is 0 Å². The molecule has 9 nitrogen and oxygen atoms in total. The number of aromatic nitrogens is 4. The van der Waals surface area contributed by atoms with Gasteiger partial charge >= 0.3 is 0 Å². The lowest BCUT2D eigenvalue weighted by atomic mass is 10.1. The fourth-order valence-corrected chi connectivity index (χ4v) is 3.74. The molecule has 1 aromatic carbocycles. The third-order valence-corrected chi connectivity index (χ3v) is 5.95. The Morgan fingerprint density at radius 2 is 2.08 bits per heavy atom. The molecule has 0 bridgehead atoms. The summed E-state index contributed by atoms with van der Waals surface area (Å²) in [6, 6.07) is 6.66. The number of carbonyl (C=O) groups is 1. The van der Waals surface area contributed by atoms with Crippen LogP contribution in [0.25, 0.3) is 0 Å². The summed E-state index contributed by atoms with van der Waals surface area (Å²) in [5.41, 5.74) is 0.913. The SMILES string of the molecule is CC(Sc1nnnn1C1CC1)C(=O)NCCc1ccc(S(N)(=O)=O)cc1. The standard InChI is InChI=1S/C15H20N6O3S2/c1-10(25-15-18-19-20-21(15)12-4-5-12)14(22)17-9-8-11-2-6-13(7-3-11)26(16,23)24/h2-3,6-7,10,12H,4-5,8-9H2,1H3,(H,17,22)(H2,16,23,24). The van der Waals surface area contributed by atoms with Crippen LogP contribution in [0.1, 0.15) is 31.4 Å². The number of carbonyl (C=O) groups excluding carboxylic acids is 1. The van der Waals surface area contributed by atoms with E-state index in [1.807, 2.05) is 6.92 Å². The first-order valence-electron chi connectivity index (χ1n) is 8.18. The number of nitrogens with one attached hydrogen (secondary N) is 1. The van der Waals surface area contributed by atoms with Gasteiger partial charge in [-0.1, -0.05) is 23.9 Å². The Balaban J connectivity index is 1.46. The predicted octanol–water partition coefficient (Wildman–Crippen LogP) is 0.495. The molecule has 1 atom stereocenters. The summed E-state index contributed by atoms with van der Waals surface area (Å²) >= 11 is 1.34. The van der Waals surface area contributed by atoms with Crippen molar-refractivity contribution in [3.05, 3.63) is 29.8 Å². The highest BCUT2D eigenvalue weighted by Crippen LogP contribution is 2.37. The van der Waals surface area contributed by atoms with Gasteiger partial charge in [0.2, 0.25) is 21.1 Å². The topological polar surface area (TPSA) is 133 Å². The van der Waals surface area contributed by atoms with Gasteiger partial charge in [-0.2, -0.15) is 0 Å². The highest BCUT2D eigenvalue weighted by molar-refractivity contribution is 8.00. The average Bonchev–Trinajstić information content (AvgIpc) is 3.34. The second-order valence-corrected chi connectivity index (χ2v) is 9.00. The zero-order valence-electron chi connectivity index (χ0n) is 14.2. The number of thioether (sulfide) groups is 1. The maximum atomic E-state index is 12.2.